The molecule has 3 rings (SSSR count). The van der Waals surface area contributed by atoms with E-state index in [9.17, 15) is 22.4 Å². The van der Waals surface area contributed by atoms with Gasteiger partial charge in [0.15, 0.2) is 9.84 Å². The number of hydrogen-bond acceptors (Lipinski definition) is 4. The predicted octanol–water partition coefficient (Wildman–Crippen LogP) is 3.42. The molecule has 1 aliphatic rings. The third-order valence-corrected chi connectivity index (χ3v) is 7.00. The van der Waals surface area contributed by atoms with E-state index in [1.54, 1.807) is 25.1 Å². The van der Waals surface area contributed by atoms with Gasteiger partial charge in [0.25, 0.3) is 5.91 Å². The number of rotatable bonds is 6. The van der Waals surface area contributed by atoms with E-state index in [2.05, 4.69) is 5.32 Å². The maximum Gasteiger partial charge on any atom is 0.325 e. The normalized spacial score (nSPS) is 19.5. The lowest BCUT2D eigenvalue weighted by Crippen LogP contribution is -2.41. The number of nitrogens with one attached hydrogen (secondary N) is 1. The van der Waals surface area contributed by atoms with Gasteiger partial charge in [-0.05, 0) is 55.7 Å². The van der Waals surface area contributed by atoms with E-state index in [1.165, 1.54) is 25.1 Å². The molecule has 1 N–H and O–H groups in total. The molecule has 1 atom stereocenters. The third kappa shape index (κ3) is 4.13. The predicted molar refractivity (Wildman–Crippen MR) is 107 cm³/mol. The fourth-order valence-corrected chi connectivity index (χ4v) is 4.82. The number of halogens is 2. The number of hydrogen-bond donors (Lipinski definition) is 1. The molecule has 1 saturated heterocycles. The standard InChI is InChI=1S/C20H20ClFN2O4S/c1-13-5-3-6-15(11-13)29(27,28)10-4-9-24-18(25)20(2,23-19(24)26)14-7-8-17(22)16(21)12-14/h3,5-8,11-12H,4,9-10H2,1-2H3,(H,23,26). The van der Waals surface area contributed by atoms with Gasteiger partial charge in [0.05, 0.1) is 15.7 Å². The molecule has 0 aromatic heterocycles. The molecule has 1 unspecified atom stereocenters. The molecule has 1 fully saturated rings. The van der Waals surface area contributed by atoms with Gasteiger partial charge >= 0.3 is 6.03 Å². The molecular formula is C20H20ClFN2O4S. The molecular weight excluding hydrogens is 419 g/mol. The van der Waals surface area contributed by atoms with Crippen LogP contribution in [-0.4, -0.2) is 37.6 Å². The lowest BCUT2D eigenvalue weighted by atomic mass is 9.92. The van der Waals surface area contributed by atoms with Crippen molar-refractivity contribution in [1.29, 1.82) is 0 Å². The second-order valence-electron chi connectivity index (χ2n) is 7.13. The molecule has 0 saturated carbocycles. The van der Waals surface area contributed by atoms with E-state index in [0.717, 1.165) is 16.5 Å². The molecule has 1 heterocycles. The Morgan fingerprint density at radius 2 is 1.90 bits per heavy atom. The van der Waals surface area contributed by atoms with Crippen molar-refractivity contribution in [2.75, 3.05) is 12.3 Å². The zero-order valence-corrected chi connectivity index (χ0v) is 17.5. The Morgan fingerprint density at radius 1 is 1.17 bits per heavy atom. The highest BCUT2D eigenvalue weighted by Crippen LogP contribution is 2.31. The number of carbonyl (C=O) groups excluding carboxylic acids is 2. The highest BCUT2D eigenvalue weighted by atomic mass is 35.5. The highest BCUT2D eigenvalue weighted by Gasteiger charge is 2.48. The van der Waals surface area contributed by atoms with Gasteiger partial charge in [0, 0.05) is 6.54 Å². The van der Waals surface area contributed by atoms with Gasteiger partial charge in [0.1, 0.15) is 11.4 Å². The molecule has 3 amide bonds. The fourth-order valence-electron chi connectivity index (χ4n) is 3.24. The summed E-state index contributed by atoms with van der Waals surface area (Å²) in [6.45, 7) is 3.25. The van der Waals surface area contributed by atoms with Crippen molar-refractivity contribution in [3.05, 3.63) is 64.4 Å². The summed E-state index contributed by atoms with van der Waals surface area (Å²) >= 11 is 5.80. The van der Waals surface area contributed by atoms with Gasteiger partial charge in [-0.1, -0.05) is 29.8 Å². The average molecular weight is 439 g/mol. The number of nitrogens with zero attached hydrogens (tertiary/aromatic N) is 1. The van der Waals surface area contributed by atoms with Crippen molar-refractivity contribution >= 4 is 33.4 Å². The monoisotopic (exact) mass is 438 g/mol. The first-order valence-corrected chi connectivity index (χ1v) is 11.0. The summed E-state index contributed by atoms with van der Waals surface area (Å²) in [4.78, 5) is 26.4. The van der Waals surface area contributed by atoms with E-state index < -0.39 is 33.1 Å². The molecule has 29 heavy (non-hydrogen) atoms. The summed E-state index contributed by atoms with van der Waals surface area (Å²) in [7, 11) is -3.53. The maximum atomic E-state index is 13.4. The van der Waals surface area contributed by atoms with Gasteiger partial charge in [0.2, 0.25) is 0 Å². The zero-order chi connectivity index (χ0) is 21.4. The maximum absolute atomic E-state index is 13.4. The molecule has 2 aromatic carbocycles. The van der Waals surface area contributed by atoms with Crippen LogP contribution in [0.3, 0.4) is 0 Å². The largest absolute Gasteiger partial charge is 0.325 e. The number of sulfone groups is 1. The lowest BCUT2D eigenvalue weighted by Gasteiger charge is -2.22. The van der Waals surface area contributed by atoms with Gasteiger partial charge in [-0.15, -0.1) is 0 Å². The average Bonchev–Trinajstić information content (AvgIpc) is 2.88. The van der Waals surface area contributed by atoms with Crippen LogP contribution in [0.15, 0.2) is 47.4 Å². The SMILES string of the molecule is Cc1cccc(S(=O)(=O)CCCN2C(=O)NC(C)(c3ccc(F)c(Cl)c3)C2=O)c1. The van der Waals surface area contributed by atoms with Crippen LogP contribution < -0.4 is 5.32 Å². The van der Waals surface area contributed by atoms with E-state index in [0.29, 0.717) is 5.56 Å². The van der Waals surface area contributed by atoms with Crippen LogP contribution in [0.2, 0.25) is 5.02 Å². The Bertz CT molecular complexity index is 1090. The minimum absolute atomic E-state index is 0.0553. The van der Waals surface area contributed by atoms with Crippen molar-refractivity contribution in [2.45, 2.75) is 30.7 Å². The first-order valence-electron chi connectivity index (χ1n) is 8.94. The van der Waals surface area contributed by atoms with Crippen LogP contribution in [0.5, 0.6) is 0 Å². The second-order valence-corrected chi connectivity index (χ2v) is 9.65. The van der Waals surface area contributed by atoms with Gasteiger partial charge in [-0.3, -0.25) is 9.69 Å². The van der Waals surface area contributed by atoms with Crippen molar-refractivity contribution in [3.63, 3.8) is 0 Å². The van der Waals surface area contributed by atoms with E-state index in [1.807, 2.05) is 0 Å². The Balaban J connectivity index is 1.71. The molecule has 2 aromatic rings. The number of carbonyl (C=O) groups is 2. The van der Waals surface area contributed by atoms with E-state index >= 15 is 0 Å². The number of amides is 3. The summed E-state index contributed by atoms with van der Waals surface area (Å²) in [5.74, 6) is -1.38. The van der Waals surface area contributed by atoms with E-state index in [-0.39, 0.29) is 28.6 Å². The molecule has 0 radical (unpaired) electrons. The van der Waals surface area contributed by atoms with Crippen LogP contribution >= 0.6 is 11.6 Å². The third-order valence-electron chi connectivity index (χ3n) is 4.92. The fraction of sp³-hybridized carbons (Fsp3) is 0.300. The highest BCUT2D eigenvalue weighted by molar-refractivity contribution is 7.91. The summed E-state index contributed by atoms with van der Waals surface area (Å²) in [5.41, 5.74) is -0.227. The smallest absolute Gasteiger partial charge is 0.319 e. The summed E-state index contributed by atoms with van der Waals surface area (Å²) in [6.07, 6.45) is 0.0929. The molecule has 0 bridgehead atoms. The quantitative estimate of drug-likeness (QED) is 0.700. The summed E-state index contributed by atoms with van der Waals surface area (Å²) < 4.78 is 38.4. The molecule has 154 valence electrons. The lowest BCUT2D eigenvalue weighted by molar-refractivity contribution is -0.131. The molecule has 0 aliphatic carbocycles. The number of benzene rings is 2. The Labute approximate surface area is 173 Å². The topological polar surface area (TPSA) is 83.6 Å². The Hall–Kier alpha value is -2.45. The first-order chi connectivity index (χ1) is 13.5. The molecule has 6 nitrogen and oxygen atoms in total. The van der Waals surface area contributed by atoms with Crippen LogP contribution in [-0.2, 0) is 20.2 Å². The van der Waals surface area contributed by atoms with Crippen molar-refractivity contribution in [2.24, 2.45) is 0 Å². The number of urea groups is 1. The van der Waals surface area contributed by atoms with Gasteiger partial charge in [-0.25, -0.2) is 17.6 Å². The number of aryl methyl sites for hydroxylation is 1. The molecule has 9 heteroatoms. The second kappa shape index (κ2) is 7.76. The number of imide groups is 1. The first kappa shape index (κ1) is 21.3. The molecule has 1 aliphatic heterocycles. The minimum Gasteiger partial charge on any atom is -0.319 e. The van der Waals surface area contributed by atoms with Crippen LogP contribution in [0.25, 0.3) is 0 Å². The van der Waals surface area contributed by atoms with Gasteiger partial charge in [-0.2, -0.15) is 0 Å². The summed E-state index contributed by atoms with van der Waals surface area (Å²) in [6, 6.07) is 9.73. The minimum atomic E-state index is -3.53. The van der Waals surface area contributed by atoms with E-state index in [4.69, 9.17) is 11.6 Å². The van der Waals surface area contributed by atoms with Gasteiger partial charge < -0.3 is 5.32 Å². The molecule has 0 spiro atoms. The van der Waals surface area contributed by atoms with Crippen LogP contribution in [0.1, 0.15) is 24.5 Å². The summed E-state index contributed by atoms with van der Waals surface area (Å²) in [5, 5.41) is 2.43. The van der Waals surface area contributed by atoms with Crippen molar-refractivity contribution in [1.82, 2.24) is 10.2 Å². The van der Waals surface area contributed by atoms with Crippen LogP contribution in [0.4, 0.5) is 9.18 Å². The zero-order valence-electron chi connectivity index (χ0n) is 15.9. The van der Waals surface area contributed by atoms with Crippen molar-refractivity contribution in [3.8, 4) is 0 Å². The van der Waals surface area contributed by atoms with Crippen LogP contribution in [0, 0.1) is 12.7 Å². The van der Waals surface area contributed by atoms with Crippen molar-refractivity contribution < 1.29 is 22.4 Å². The Kier molecular flexibility index (Phi) is 5.69. The Morgan fingerprint density at radius 3 is 2.55 bits per heavy atom.